The lowest BCUT2D eigenvalue weighted by molar-refractivity contribution is 0.468. The third kappa shape index (κ3) is 3.72. The highest BCUT2D eigenvalue weighted by Gasteiger charge is 2.16. The third-order valence-electron chi connectivity index (χ3n) is 4.25. The predicted molar refractivity (Wildman–Crippen MR) is 91.0 cm³/mol. The van der Waals surface area contributed by atoms with Crippen molar-refractivity contribution in [1.82, 2.24) is 25.0 Å². The van der Waals surface area contributed by atoms with Crippen molar-refractivity contribution in [1.29, 1.82) is 0 Å². The summed E-state index contributed by atoms with van der Waals surface area (Å²) in [4.78, 5) is 6.31. The molecule has 0 aliphatic carbocycles. The molecule has 0 unspecified atom stereocenters. The van der Waals surface area contributed by atoms with Crippen molar-refractivity contribution >= 4 is 5.96 Å². The molecule has 1 aromatic heterocycles. The Labute approximate surface area is 141 Å². The Morgan fingerprint density at radius 1 is 1.29 bits per heavy atom. The van der Waals surface area contributed by atoms with Crippen LogP contribution in [-0.2, 0) is 26.1 Å². The molecule has 2 heterocycles. The van der Waals surface area contributed by atoms with Gasteiger partial charge in [0.05, 0.1) is 6.54 Å². The highest BCUT2D eigenvalue weighted by Crippen LogP contribution is 2.14. The Balaban J connectivity index is 1.60. The van der Waals surface area contributed by atoms with E-state index in [9.17, 15) is 4.39 Å². The number of benzene rings is 1. The average Bonchev–Trinajstić information content (AvgIpc) is 3.01. The van der Waals surface area contributed by atoms with E-state index >= 15 is 0 Å². The van der Waals surface area contributed by atoms with Crippen molar-refractivity contribution in [3.8, 4) is 0 Å². The van der Waals surface area contributed by atoms with E-state index in [-0.39, 0.29) is 5.82 Å². The van der Waals surface area contributed by atoms with Crippen LogP contribution in [0, 0.1) is 5.82 Å². The first-order chi connectivity index (χ1) is 11.7. The number of hydrogen-bond donors (Lipinski definition) is 1. The lowest BCUT2D eigenvalue weighted by Gasteiger charge is -2.22. The molecule has 1 N–H and O–H groups in total. The number of aryl methyl sites for hydroxylation is 1. The molecule has 0 bridgehead atoms. The predicted octanol–water partition coefficient (Wildman–Crippen LogP) is 1.96. The van der Waals surface area contributed by atoms with Crippen LogP contribution in [0.2, 0.25) is 0 Å². The SMILES string of the molecule is CN=C(NCc1nnc2n1CCCC2)N(C)Cc1ccc(F)cc1. The second-order valence-electron chi connectivity index (χ2n) is 6.02. The number of hydrogen-bond acceptors (Lipinski definition) is 3. The van der Waals surface area contributed by atoms with Gasteiger partial charge in [0.25, 0.3) is 0 Å². The summed E-state index contributed by atoms with van der Waals surface area (Å²) in [6, 6.07) is 6.52. The zero-order valence-electron chi connectivity index (χ0n) is 14.2. The molecule has 0 fully saturated rings. The molecule has 0 saturated heterocycles. The van der Waals surface area contributed by atoms with Gasteiger partial charge in [0.1, 0.15) is 11.6 Å². The van der Waals surface area contributed by atoms with Crippen LogP contribution >= 0.6 is 0 Å². The molecule has 1 aliphatic heterocycles. The molecule has 0 atom stereocenters. The minimum atomic E-state index is -0.222. The van der Waals surface area contributed by atoms with Gasteiger partial charge in [-0.2, -0.15) is 0 Å². The molecule has 0 spiro atoms. The molecule has 7 heteroatoms. The maximum absolute atomic E-state index is 13.0. The van der Waals surface area contributed by atoms with E-state index in [1.165, 1.54) is 25.0 Å². The van der Waals surface area contributed by atoms with Crippen molar-refractivity contribution in [3.05, 3.63) is 47.3 Å². The van der Waals surface area contributed by atoms with Gasteiger partial charge in [0.2, 0.25) is 0 Å². The van der Waals surface area contributed by atoms with Gasteiger partial charge in [0, 0.05) is 33.6 Å². The molecular formula is C17H23FN6. The molecule has 2 aromatic rings. The van der Waals surface area contributed by atoms with Crippen LogP contribution in [0.4, 0.5) is 4.39 Å². The summed E-state index contributed by atoms with van der Waals surface area (Å²) in [6.45, 7) is 2.23. The van der Waals surface area contributed by atoms with Gasteiger partial charge in [-0.05, 0) is 30.5 Å². The second kappa shape index (κ2) is 7.42. The average molecular weight is 330 g/mol. The fourth-order valence-corrected chi connectivity index (χ4v) is 2.98. The summed E-state index contributed by atoms with van der Waals surface area (Å²) in [5.74, 6) is 2.57. The summed E-state index contributed by atoms with van der Waals surface area (Å²) in [6.07, 6.45) is 3.37. The minimum Gasteiger partial charge on any atom is -0.349 e. The lowest BCUT2D eigenvalue weighted by atomic mass is 10.2. The van der Waals surface area contributed by atoms with Crippen LogP contribution in [-0.4, -0.2) is 39.7 Å². The summed E-state index contributed by atoms with van der Waals surface area (Å²) in [5.41, 5.74) is 1.03. The molecule has 24 heavy (non-hydrogen) atoms. The van der Waals surface area contributed by atoms with E-state index in [4.69, 9.17) is 0 Å². The van der Waals surface area contributed by atoms with Gasteiger partial charge in [-0.3, -0.25) is 4.99 Å². The van der Waals surface area contributed by atoms with E-state index in [1.54, 1.807) is 19.2 Å². The first kappa shape index (κ1) is 16.4. The number of nitrogens with zero attached hydrogens (tertiary/aromatic N) is 5. The highest BCUT2D eigenvalue weighted by atomic mass is 19.1. The largest absolute Gasteiger partial charge is 0.349 e. The van der Waals surface area contributed by atoms with Crippen molar-refractivity contribution in [2.24, 2.45) is 4.99 Å². The zero-order valence-corrected chi connectivity index (χ0v) is 14.2. The van der Waals surface area contributed by atoms with Crippen molar-refractivity contribution in [3.63, 3.8) is 0 Å². The molecule has 6 nitrogen and oxygen atoms in total. The van der Waals surface area contributed by atoms with E-state index in [0.717, 1.165) is 36.1 Å². The van der Waals surface area contributed by atoms with Crippen molar-refractivity contribution in [2.45, 2.75) is 38.9 Å². The number of nitrogens with one attached hydrogen (secondary N) is 1. The zero-order chi connectivity index (χ0) is 16.9. The molecule has 0 saturated carbocycles. The molecule has 128 valence electrons. The quantitative estimate of drug-likeness (QED) is 0.688. The summed E-state index contributed by atoms with van der Waals surface area (Å²) in [7, 11) is 3.71. The van der Waals surface area contributed by atoms with Crippen LogP contribution in [0.3, 0.4) is 0 Å². The smallest absolute Gasteiger partial charge is 0.194 e. The fraction of sp³-hybridized carbons (Fsp3) is 0.471. The molecule has 1 aromatic carbocycles. The van der Waals surface area contributed by atoms with Crippen LogP contribution in [0.1, 0.15) is 30.1 Å². The van der Waals surface area contributed by atoms with Crippen LogP contribution in [0.5, 0.6) is 0 Å². The Morgan fingerprint density at radius 3 is 2.83 bits per heavy atom. The Kier molecular flexibility index (Phi) is 5.08. The number of aromatic nitrogens is 3. The van der Waals surface area contributed by atoms with Crippen molar-refractivity contribution in [2.75, 3.05) is 14.1 Å². The molecule has 3 rings (SSSR count). The van der Waals surface area contributed by atoms with Crippen LogP contribution in [0.25, 0.3) is 0 Å². The third-order valence-corrected chi connectivity index (χ3v) is 4.25. The van der Waals surface area contributed by atoms with Gasteiger partial charge >= 0.3 is 0 Å². The van der Waals surface area contributed by atoms with Gasteiger partial charge in [-0.25, -0.2) is 4.39 Å². The standard InChI is InChI=1S/C17H23FN6/c1-19-17(23(2)12-13-6-8-14(18)9-7-13)20-11-16-22-21-15-5-3-4-10-24(15)16/h6-9H,3-5,10-12H2,1-2H3,(H,19,20). The minimum absolute atomic E-state index is 0.222. The van der Waals surface area contributed by atoms with E-state index in [1.807, 2.05) is 11.9 Å². The number of halogens is 1. The number of fused-ring (bicyclic) bond motifs is 1. The Morgan fingerprint density at radius 2 is 2.08 bits per heavy atom. The van der Waals surface area contributed by atoms with E-state index in [0.29, 0.717) is 13.1 Å². The number of rotatable bonds is 4. The maximum Gasteiger partial charge on any atom is 0.194 e. The summed E-state index contributed by atoms with van der Waals surface area (Å²) in [5, 5.41) is 11.9. The van der Waals surface area contributed by atoms with Gasteiger partial charge < -0.3 is 14.8 Å². The summed E-state index contributed by atoms with van der Waals surface area (Å²) >= 11 is 0. The second-order valence-corrected chi connectivity index (χ2v) is 6.02. The van der Waals surface area contributed by atoms with Gasteiger partial charge in [0.15, 0.2) is 11.8 Å². The first-order valence-electron chi connectivity index (χ1n) is 8.24. The van der Waals surface area contributed by atoms with Crippen LogP contribution in [0.15, 0.2) is 29.3 Å². The first-order valence-corrected chi connectivity index (χ1v) is 8.24. The van der Waals surface area contributed by atoms with E-state index < -0.39 is 0 Å². The summed E-state index contributed by atoms with van der Waals surface area (Å²) < 4.78 is 15.2. The monoisotopic (exact) mass is 330 g/mol. The van der Waals surface area contributed by atoms with Crippen molar-refractivity contribution < 1.29 is 4.39 Å². The van der Waals surface area contributed by atoms with Crippen LogP contribution < -0.4 is 5.32 Å². The molecular weight excluding hydrogens is 307 g/mol. The Bertz CT molecular complexity index is 706. The Hall–Kier alpha value is -2.44. The normalized spacial score (nSPS) is 14.4. The fourth-order valence-electron chi connectivity index (χ4n) is 2.98. The van der Waals surface area contributed by atoms with Gasteiger partial charge in [-0.15, -0.1) is 10.2 Å². The topological polar surface area (TPSA) is 58.3 Å². The van der Waals surface area contributed by atoms with Gasteiger partial charge in [-0.1, -0.05) is 12.1 Å². The molecule has 0 amide bonds. The highest BCUT2D eigenvalue weighted by molar-refractivity contribution is 5.79. The molecule has 0 radical (unpaired) electrons. The molecule has 1 aliphatic rings. The lowest BCUT2D eigenvalue weighted by Crippen LogP contribution is -2.38. The number of aliphatic imine (C=N–C) groups is 1. The van der Waals surface area contributed by atoms with E-state index in [2.05, 4.69) is 25.1 Å². The number of guanidine groups is 1. The maximum atomic E-state index is 13.0.